The third-order valence-corrected chi connectivity index (χ3v) is 8.08. The first kappa shape index (κ1) is 23.2. The second-order valence-corrected chi connectivity index (χ2v) is 10.5. The molecule has 0 aromatic rings. The van der Waals surface area contributed by atoms with Crippen molar-refractivity contribution in [2.24, 2.45) is 29.1 Å². The first-order valence-electron chi connectivity index (χ1n) is 12.1. The summed E-state index contributed by atoms with van der Waals surface area (Å²) in [6.07, 6.45) is 14.1. The van der Waals surface area contributed by atoms with E-state index in [1.807, 2.05) is 0 Å². The molecule has 0 aromatic heterocycles. The van der Waals surface area contributed by atoms with E-state index in [2.05, 4.69) is 41.5 Å². The van der Waals surface area contributed by atoms with Crippen LogP contribution >= 0.6 is 0 Å². The molecule has 2 saturated carbocycles. The van der Waals surface area contributed by atoms with Gasteiger partial charge in [-0.05, 0) is 80.5 Å². The van der Waals surface area contributed by atoms with Crippen molar-refractivity contribution in [3.05, 3.63) is 0 Å². The van der Waals surface area contributed by atoms with Gasteiger partial charge in [-0.1, -0.05) is 54.4 Å². The van der Waals surface area contributed by atoms with Crippen LogP contribution in [-0.4, -0.2) is 25.4 Å². The molecule has 160 valence electrons. The fourth-order valence-electron chi connectivity index (χ4n) is 5.12. The number of hydrogen-bond acceptors (Lipinski definition) is 2. The summed E-state index contributed by atoms with van der Waals surface area (Å²) >= 11 is 0. The molecular formula is C25H48O2. The van der Waals surface area contributed by atoms with E-state index in [4.69, 9.17) is 9.47 Å². The van der Waals surface area contributed by atoms with Crippen molar-refractivity contribution in [3.63, 3.8) is 0 Å². The minimum atomic E-state index is 0.476. The predicted octanol–water partition coefficient (Wildman–Crippen LogP) is 7.26. The zero-order valence-electron chi connectivity index (χ0n) is 19.3. The summed E-state index contributed by atoms with van der Waals surface area (Å²) in [5, 5.41) is 0. The fourth-order valence-corrected chi connectivity index (χ4v) is 5.12. The topological polar surface area (TPSA) is 18.5 Å². The first-order valence-corrected chi connectivity index (χ1v) is 12.1. The molecule has 0 aromatic carbocycles. The molecule has 2 atom stereocenters. The maximum Gasteiger partial charge on any atom is 0.0575 e. The van der Waals surface area contributed by atoms with Crippen LogP contribution in [0.2, 0.25) is 0 Å². The van der Waals surface area contributed by atoms with Crippen LogP contribution in [0.5, 0.6) is 0 Å². The number of ether oxygens (including phenoxy) is 2. The van der Waals surface area contributed by atoms with Gasteiger partial charge in [-0.15, -0.1) is 0 Å². The van der Waals surface area contributed by atoms with E-state index < -0.39 is 0 Å². The zero-order chi connectivity index (χ0) is 19.9. The standard InChI is InChI=1S/C25H48O2/c1-7-19(3)17-26-23-13-9-21(10-14-23)25(5,6)22-11-15-24(16-12-22)27-18-20(4)8-2/h19-24H,7-18H2,1-6H3. The first-order chi connectivity index (χ1) is 12.9. The van der Waals surface area contributed by atoms with Crippen LogP contribution in [0, 0.1) is 29.1 Å². The molecule has 2 unspecified atom stereocenters. The van der Waals surface area contributed by atoms with Crippen molar-refractivity contribution in [3.8, 4) is 0 Å². The van der Waals surface area contributed by atoms with Gasteiger partial charge < -0.3 is 9.47 Å². The molecule has 0 amide bonds. The second kappa shape index (κ2) is 11.2. The van der Waals surface area contributed by atoms with Crippen LogP contribution in [0.4, 0.5) is 0 Å². The summed E-state index contributed by atoms with van der Waals surface area (Å²) in [4.78, 5) is 0. The lowest BCUT2D eigenvalue weighted by Gasteiger charge is -2.46. The highest BCUT2D eigenvalue weighted by Crippen LogP contribution is 2.48. The van der Waals surface area contributed by atoms with E-state index >= 15 is 0 Å². The van der Waals surface area contributed by atoms with Gasteiger partial charge in [-0.25, -0.2) is 0 Å². The van der Waals surface area contributed by atoms with E-state index in [1.165, 1.54) is 64.2 Å². The van der Waals surface area contributed by atoms with Gasteiger partial charge in [0.1, 0.15) is 0 Å². The van der Waals surface area contributed by atoms with Gasteiger partial charge in [0.15, 0.2) is 0 Å². The summed E-state index contributed by atoms with van der Waals surface area (Å²) in [6, 6.07) is 0. The Kier molecular flexibility index (Phi) is 9.62. The van der Waals surface area contributed by atoms with Crippen molar-refractivity contribution < 1.29 is 9.47 Å². The van der Waals surface area contributed by atoms with Crippen molar-refractivity contribution in [2.45, 2.75) is 118 Å². The Morgan fingerprint density at radius 2 is 1.00 bits per heavy atom. The molecule has 2 fully saturated rings. The predicted molar refractivity (Wildman–Crippen MR) is 116 cm³/mol. The van der Waals surface area contributed by atoms with E-state index in [0.29, 0.717) is 29.5 Å². The Morgan fingerprint density at radius 3 is 1.30 bits per heavy atom. The average molecular weight is 381 g/mol. The Labute approximate surface area is 170 Å². The van der Waals surface area contributed by atoms with Crippen LogP contribution < -0.4 is 0 Å². The molecular weight excluding hydrogens is 332 g/mol. The van der Waals surface area contributed by atoms with Crippen LogP contribution in [0.1, 0.15) is 106 Å². The smallest absolute Gasteiger partial charge is 0.0575 e. The Morgan fingerprint density at radius 1 is 0.667 bits per heavy atom. The highest BCUT2D eigenvalue weighted by molar-refractivity contribution is 4.91. The monoisotopic (exact) mass is 380 g/mol. The van der Waals surface area contributed by atoms with Crippen molar-refractivity contribution >= 4 is 0 Å². The molecule has 0 heterocycles. The lowest BCUT2D eigenvalue weighted by atomic mass is 9.60. The third kappa shape index (κ3) is 7.03. The molecule has 0 spiro atoms. The minimum Gasteiger partial charge on any atom is -0.378 e. The molecule has 2 aliphatic rings. The van der Waals surface area contributed by atoms with Crippen molar-refractivity contribution in [1.29, 1.82) is 0 Å². The molecule has 2 rings (SSSR count). The Balaban J connectivity index is 1.72. The van der Waals surface area contributed by atoms with Gasteiger partial charge in [0.25, 0.3) is 0 Å². The maximum atomic E-state index is 6.19. The second-order valence-electron chi connectivity index (χ2n) is 10.5. The SMILES string of the molecule is CCC(C)COC1CCC(C(C)(C)C2CCC(OCC(C)CC)CC2)CC1. The summed E-state index contributed by atoms with van der Waals surface area (Å²) in [7, 11) is 0. The van der Waals surface area contributed by atoms with E-state index in [9.17, 15) is 0 Å². The molecule has 0 bridgehead atoms. The van der Waals surface area contributed by atoms with Gasteiger partial charge in [0, 0.05) is 13.2 Å². The number of hydrogen-bond donors (Lipinski definition) is 0. The quantitative estimate of drug-likeness (QED) is 0.397. The minimum absolute atomic E-state index is 0.476. The zero-order valence-corrected chi connectivity index (χ0v) is 19.3. The van der Waals surface area contributed by atoms with E-state index in [0.717, 1.165) is 25.0 Å². The highest BCUT2D eigenvalue weighted by atomic mass is 16.5. The highest BCUT2D eigenvalue weighted by Gasteiger charge is 2.40. The van der Waals surface area contributed by atoms with Crippen LogP contribution in [0.3, 0.4) is 0 Å². The molecule has 2 aliphatic carbocycles. The van der Waals surface area contributed by atoms with Gasteiger partial charge >= 0.3 is 0 Å². The van der Waals surface area contributed by atoms with Crippen LogP contribution in [-0.2, 0) is 9.47 Å². The van der Waals surface area contributed by atoms with Crippen LogP contribution in [0.25, 0.3) is 0 Å². The third-order valence-electron chi connectivity index (χ3n) is 8.08. The Hall–Kier alpha value is -0.0800. The van der Waals surface area contributed by atoms with Gasteiger partial charge in [0.2, 0.25) is 0 Å². The molecule has 0 aliphatic heterocycles. The van der Waals surface area contributed by atoms with Gasteiger partial charge in [-0.2, -0.15) is 0 Å². The molecule has 0 radical (unpaired) electrons. The van der Waals surface area contributed by atoms with Gasteiger partial charge in [0.05, 0.1) is 12.2 Å². The molecule has 2 heteroatoms. The fraction of sp³-hybridized carbons (Fsp3) is 1.00. The van der Waals surface area contributed by atoms with E-state index in [1.54, 1.807) is 0 Å². The summed E-state index contributed by atoms with van der Waals surface area (Å²) in [6.45, 7) is 16.2. The molecule has 0 N–H and O–H groups in total. The summed E-state index contributed by atoms with van der Waals surface area (Å²) < 4.78 is 12.4. The van der Waals surface area contributed by atoms with E-state index in [-0.39, 0.29) is 0 Å². The Bertz CT molecular complexity index is 353. The van der Waals surface area contributed by atoms with Crippen molar-refractivity contribution in [2.75, 3.05) is 13.2 Å². The molecule has 27 heavy (non-hydrogen) atoms. The largest absolute Gasteiger partial charge is 0.378 e. The average Bonchev–Trinajstić information content (AvgIpc) is 2.70. The number of rotatable bonds is 10. The molecule has 2 nitrogen and oxygen atoms in total. The van der Waals surface area contributed by atoms with Gasteiger partial charge in [-0.3, -0.25) is 0 Å². The summed E-state index contributed by atoms with van der Waals surface area (Å²) in [5.74, 6) is 3.17. The lowest BCUT2D eigenvalue weighted by molar-refractivity contribution is -0.0437. The molecule has 0 saturated heterocycles. The normalized spacial score (nSPS) is 32.2. The maximum absolute atomic E-state index is 6.19. The summed E-state index contributed by atoms with van der Waals surface area (Å²) in [5.41, 5.74) is 0.476. The van der Waals surface area contributed by atoms with Crippen LogP contribution in [0.15, 0.2) is 0 Å². The van der Waals surface area contributed by atoms with Crippen molar-refractivity contribution in [1.82, 2.24) is 0 Å². The lowest BCUT2D eigenvalue weighted by Crippen LogP contribution is -2.39.